The highest BCUT2D eigenvalue weighted by molar-refractivity contribution is 7.85. The van der Waals surface area contributed by atoms with Gasteiger partial charge in [0.05, 0.1) is 0 Å². The van der Waals surface area contributed by atoms with Gasteiger partial charge >= 0.3 is 0 Å². The molecular formula is C29H27ClFNO4S. The fourth-order valence-electron chi connectivity index (χ4n) is 4.83. The van der Waals surface area contributed by atoms with Crippen LogP contribution in [-0.2, 0) is 10.1 Å². The van der Waals surface area contributed by atoms with Crippen LogP contribution < -0.4 is 5.32 Å². The summed E-state index contributed by atoms with van der Waals surface area (Å²) in [4.78, 5) is 12.4. The zero-order chi connectivity index (χ0) is 26.6. The molecule has 192 valence electrons. The predicted molar refractivity (Wildman–Crippen MR) is 145 cm³/mol. The minimum Gasteiger partial charge on any atom is -0.336 e. The lowest BCUT2D eigenvalue weighted by atomic mass is 9.74. The highest BCUT2D eigenvalue weighted by Gasteiger charge is 2.28. The average Bonchev–Trinajstić information content (AvgIpc) is 2.89. The number of nitrogens with one attached hydrogen (secondary N) is 1. The molecule has 0 aliphatic rings. The number of carbonyl (C=O) groups is 1. The fraction of sp³-hybridized carbons (Fsp3) is 0.207. The second-order valence-corrected chi connectivity index (χ2v) is 10.8. The Hall–Kier alpha value is -3.26. The van der Waals surface area contributed by atoms with Crippen molar-refractivity contribution < 1.29 is 22.2 Å². The van der Waals surface area contributed by atoms with Gasteiger partial charge in [0.25, 0.3) is 16.0 Å². The number of hydrogen-bond acceptors (Lipinski definition) is 3. The van der Waals surface area contributed by atoms with Crippen LogP contribution in [0.4, 0.5) is 4.39 Å². The number of carbonyl (C=O) groups excluding carboxylic acids is 1. The first-order chi connectivity index (χ1) is 17.7. The SMILES string of the molecule is CCC[C@H](c1ccc(C(=O)NCS(=O)(=O)O)cc1)C(c1ccc(Cl)cc1)c1ccc(F)c2ccccc12. The van der Waals surface area contributed by atoms with Crippen LogP contribution in [0.25, 0.3) is 10.8 Å². The van der Waals surface area contributed by atoms with Crippen LogP contribution in [0.3, 0.4) is 0 Å². The van der Waals surface area contributed by atoms with Gasteiger partial charge in [-0.3, -0.25) is 9.35 Å². The number of benzene rings is 4. The molecule has 4 aromatic carbocycles. The van der Waals surface area contributed by atoms with E-state index >= 15 is 0 Å². The lowest BCUT2D eigenvalue weighted by molar-refractivity contribution is 0.0959. The Morgan fingerprint density at radius 1 is 0.919 bits per heavy atom. The lowest BCUT2D eigenvalue weighted by Gasteiger charge is -2.30. The van der Waals surface area contributed by atoms with E-state index in [9.17, 15) is 17.6 Å². The molecule has 0 fully saturated rings. The average molecular weight is 540 g/mol. The molecule has 1 amide bonds. The van der Waals surface area contributed by atoms with Gasteiger partial charge in [-0.2, -0.15) is 8.42 Å². The van der Waals surface area contributed by atoms with E-state index in [1.165, 1.54) is 6.07 Å². The van der Waals surface area contributed by atoms with Crippen molar-refractivity contribution in [2.24, 2.45) is 0 Å². The Morgan fingerprint density at radius 2 is 1.54 bits per heavy atom. The van der Waals surface area contributed by atoms with Crippen molar-refractivity contribution in [3.8, 4) is 0 Å². The van der Waals surface area contributed by atoms with Gasteiger partial charge in [-0.05, 0) is 64.7 Å². The zero-order valence-electron chi connectivity index (χ0n) is 20.2. The molecule has 0 aliphatic heterocycles. The van der Waals surface area contributed by atoms with Gasteiger partial charge < -0.3 is 5.32 Å². The maximum atomic E-state index is 14.7. The maximum Gasteiger partial charge on any atom is 0.283 e. The summed E-state index contributed by atoms with van der Waals surface area (Å²) < 4.78 is 45.5. The maximum absolute atomic E-state index is 14.7. The Morgan fingerprint density at radius 3 is 2.16 bits per heavy atom. The number of amides is 1. The summed E-state index contributed by atoms with van der Waals surface area (Å²) in [7, 11) is -4.32. The molecular weight excluding hydrogens is 513 g/mol. The molecule has 4 aromatic rings. The normalized spacial score (nSPS) is 13.3. The second-order valence-electron chi connectivity index (χ2n) is 8.96. The van der Waals surface area contributed by atoms with E-state index in [4.69, 9.17) is 16.2 Å². The first kappa shape index (κ1) is 26.8. The van der Waals surface area contributed by atoms with E-state index in [2.05, 4.69) is 12.2 Å². The molecule has 2 N–H and O–H groups in total. The molecule has 4 rings (SSSR count). The summed E-state index contributed by atoms with van der Waals surface area (Å²) >= 11 is 6.20. The molecule has 0 aromatic heterocycles. The smallest absolute Gasteiger partial charge is 0.283 e. The molecule has 0 heterocycles. The third-order valence-corrected chi connectivity index (χ3v) is 7.25. The first-order valence-electron chi connectivity index (χ1n) is 11.9. The lowest BCUT2D eigenvalue weighted by Crippen LogP contribution is -2.29. The molecule has 37 heavy (non-hydrogen) atoms. The van der Waals surface area contributed by atoms with Crippen LogP contribution in [-0.4, -0.2) is 24.8 Å². The Kier molecular flexibility index (Phi) is 8.27. The third-order valence-electron chi connectivity index (χ3n) is 6.49. The molecule has 2 atom stereocenters. The van der Waals surface area contributed by atoms with E-state index in [-0.39, 0.29) is 23.2 Å². The van der Waals surface area contributed by atoms with E-state index in [1.54, 1.807) is 18.2 Å². The zero-order valence-corrected chi connectivity index (χ0v) is 21.8. The molecule has 8 heteroatoms. The van der Waals surface area contributed by atoms with Gasteiger partial charge in [-0.15, -0.1) is 0 Å². The van der Waals surface area contributed by atoms with Gasteiger partial charge in [0.2, 0.25) is 0 Å². The molecule has 0 aliphatic carbocycles. The van der Waals surface area contributed by atoms with Crippen molar-refractivity contribution in [3.63, 3.8) is 0 Å². The van der Waals surface area contributed by atoms with Crippen molar-refractivity contribution in [2.45, 2.75) is 31.6 Å². The van der Waals surface area contributed by atoms with Crippen molar-refractivity contribution in [1.82, 2.24) is 5.32 Å². The molecule has 0 bridgehead atoms. The monoisotopic (exact) mass is 539 g/mol. The number of halogens is 2. The second kappa shape index (κ2) is 11.4. The molecule has 5 nitrogen and oxygen atoms in total. The van der Waals surface area contributed by atoms with Crippen molar-refractivity contribution >= 4 is 38.4 Å². The van der Waals surface area contributed by atoms with Crippen LogP contribution in [0.1, 0.15) is 58.6 Å². The van der Waals surface area contributed by atoms with E-state index in [0.717, 1.165) is 34.9 Å². The minimum absolute atomic E-state index is 0.00465. The third kappa shape index (κ3) is 6.36. The van der Waals surface area contributed by atoms with Gasteiger partial charge in [0.1, 0.15) is 11.7 Å². The summed E-state index contributed by atoms with van der Waals surface area (Å²) in [6.45, 7) is 2.10. The van der Waals surface area contributed by atoms with E-state index in [1.807, 2.05) is 60.7 Å². The quantitative estimate of drug-likeness (QED) is 0.226. The summed E-state index contributed by atoms with van der Waals surface area (Å²) in [6, 6.07) is 25.5. The topological polar surface area (TPSA) is 83.5 Å². The molecule has 0 saturated carbocycles. The van der Waals surface area contributed by atoms with Crippen molar-refractivity contribution in [2.75, 3.05) is 5.88 Å². The number of rotatable bonds is 9. The van der Waals surface area contributed by atoms with Gasteiger partial charge in [0, 0.05) is 21.9 Å². The Bertz CT molecular complexity index is 1510. The van der Waals surface area contributed by atoms with Crippen molar-refractivity contribution in [1.29, 1.82) is 0 Å². The van der Waals surface area contributed by atoms with Crippen molar-refractivity contribution in [3.05, 3.63) is 118 Å². The first-order valence-corrected chi connectivity index (χ1v) is 13.9. The minimum atomic E-state index is -4.32. The molecule has 0 saturated heterocycles. The standard InChI is InChI=1S/C29H27ClFNO4S/c1-2-5-23(19-8-10-21(11-9-19)29(33)32-18-37(34,35)36)28(20-12-14-22(30)15-13-20)26-16-17-27(31)25-7-4-3-6-24(25)26/h3-4,6-17,23,28H,2,5,18H2,1H3,(H,32,33)(H,34,35,36)/t23-,28?/m1/s1. The summed E-state index contributed by atoms with van der Waals surface area (Å²) in [5.74, 6) is -1.86. The van der Waals surface area contributed by atoms with Crippen LogP contribution in [0.15, 0.2) is 84.9 Å². The largest absolute Gasteiger partial charge is 0.336 e. The van der Waals surface area contributed by atoms with Crippen LogP contribution in [0.5, 0.6) is 0 Å². The Balaban J connectivity index is 1.80. The van der Waals surface area contributed by atoms with Gasteiger partial charge in [-0.1, -0.05) is 79.5 Å². The van der Waals surface area contributed by atoms with Gasteiger partial charge in [0.15, 0.2) is 0 Å². The molecule has 0 spiro atoms. The van der Waals surface area contributed by atoms with Crippen LogP contribution in [0, 0.1) is 5.82 Å². The highest BCUT2D eigenvalue weighted by Crippen LogP contribution is 2.44. The van der Waals surface area contributed by atoms with Crippen LogP contribution >= 0.6 is 11.6 Å². The highest BCUT2D eigenvalue weighted by atomic mass is 35.5. The van der Waals surface area contributed by atoms with Crippen LogP contribution in [0.2, 0.25) is 5.02 Å². The van der Waals surface area contributed by atoms with Gasteiger partial charge in [-0.25, -0.2) is 4.39 Å². The molecule has 0 radical (unpaired) electrons. The summed E-state index contributed by atoms with van der Waals surface area (Å²) in [5.41, 5.74) is 3.29. The number of hydrogen-bond donors (Lipinski definition) is 2. The fourth-order valence-corrected chi connectivity index (χ4v) is 5.27. The Labute approximate surface area is 221 Å². The summed E-state index contributed by atoms with van der Waals surface area (Å²) in [6.07, 6.45) is 1.72. The number of fused-ring (bicyclic) bond motifs is 1. The summed E-state index contributed by atoms with van der Waals surface area (Å²) in [5, 5.41) is 4.21. The van der Waals surface area contributed by atoms with E-state index < -0.39 is 21.9 Å². The predicted octanol–water partition coefficient (Wildman–Crippen LogP) is 6.92. The van der Waals surface area contributed by atoms with E-state index in [0.29, 0.717) is 10.4 Å². The molecule has 1 unspecified atom stereocenters.